The molecule has 0 unspecified atom stereocenters. The number of rotatable bonds is 4. The largest absolute Gasteiger partial charge is 0.416 e. The highest BCUT2D eigenvalue weighted by atomic mass is 19.4. The summed E-state index contributed by atoms with van der Waals surface area (Å²) in [5.41, 5.74) is -0.718. The molecule has 0 saturated heterocycles. The number of halogens is 3. The quantitative estimate of drug-likeness (QED) is 0.629. The van der Waals surface area contributed by atoms with Gasteiger partial charge in [-0.3, -0.25) is 9.59 Å². The lowest BCUT2D eigenvalue weighted by Crippen LogP contribution is -2.43. The van der Waals surface area contributed by atoms with Crippen molar-refractivity contribution >= 4 is 23.2 Å². The Morgan fingerprint density at radius 2 is 1.97 bits per heavy atom. The van der Waals surface area contributed by atoms with Gasteiger partial charge in [-0.1, -0.05) is 0 Å². The molecule has 2 amide bonds. The van der Waals surface area contributed by atoms with Crippen LogP contribution in [-0.2, 0) is 6.18 Å². The van der Waals surface area contributed by atoms with Gasteiger partial charge >= 0.3 is 6.18 Å². The summed E-state index contributed by atoms with van der Waals surface area (Å²) in [5.74, 6) is -1.26. The van der Waals surface area contributed by atoms with Gasteiger partial charge < -0.3 is 15.2 Å². The summed E-state index contributed by atoms with van der Waals surface area (Å²) in [5, 5.41) is 9.40. The highest BCUT2D eigenvalue weighted by molar-refractivity contribution is 6.12. The number of nitrogens with one attached hydrogen (secondary N) is 2. The normalized spacial score (nSPS) is 16.3. The molecule has 30 heavy (non-hydrogen) atoms. The van der Waals surface area contributed by atoms with Gasteiger partial charge in [-0.05, 0) is 29.4 Å². The number of nitrogens with zero attached hydrogens (tertiary/aromatic N) is 5. The molecule has 0 aliphatic carbocycles. The second kappa shape index (κ2) is 7.09. The summed E-state index contributed by atoms with van der Waals surface area (Å²) < 4.78 is 39.5. The minimum Gasteiger partial charge on any atom is -0.341 e. The Labute approximate surface area is 165 Å². The van der Waals surface area contributed by atoms with E-state index in [9.17, 15) is 27.7 Å². The van der Waals surface area contributed by atoms with Crippen LogP contribution in [0.1, 0.15) is 32.7 Å². The fraction of sp³-hybridized carbons (Fsp3) is 0.176. The van der Waals surface area contributed by atoms with Crippen LogP contribution in [-0.4, -0.2) is 38.1 Å². The molecule has 13 heteroatoms. The number of imidazole rings is 1. The number of hydrogen-bond acceptors (Lipinski definition) is 6. The lowest BCUT2D eigenvalue weighted by Gasteiger charge is -2.30. The number of nitroso groups, excluding NO2 is 1. The van der Waals surface area contributed by atoms with E-state index >= 15 is 0 Å². The maximum Gasteiger partial charge on any atom is 0.416 e. The molecule has 154 valence electrons. The summed E-state index contributed by atoms with van der Waals surface area (Å²) in [7, 11) is 0. The molecule has 2 aromatic heterocycles. The van der Waals surface area contributed by atoms with Crippen LogP contribution in [0.3, 0.4) is 0 Å². The number of fused-ring (bicyclic) bond motifs is 1. The third-order valence-electron chi connectivity index (χ3n) is 4.49. The zero-order valence-electron chi connectivity index (χ0n) is 14.9. The molecule has 1 aromatic carbocycles. The molecule has 0 spiro atoms. The maximum atomic E-state index is 13.0. The van der Waals surface area contributed by atoms with Gasteiger partial charge in [0, 0.05) is 5.69 Å². The van der Waals surface area contributed by atoms with Crippen LogP contribution >= 0.6 is 0 Å². The number of amides is 2. The molecule has 3 aromatic rings. The Balaban J connectivity index is 1.67. The standard InChI is InChI=1S/C17H12F3N7O3/c18-17(19,20)9-1-3-10(4-2-9)26-7-13(25-30)27-14(16(26)29)11(6-23-27)24-15(28)12-5-21-8-22-12/h1-6,8,13H,7H2,(H,21,22)(H,24,28)/t13-/m1/s1. The van der Waals surface area contributed by atoms with E-state index in [0.717, 1.165) is 33.8 Å². The van der Waals surface area contributed by atoms with Crippen molar-refractivity contribution in [1.82, 2.24) is 19.7 Å². The van der Waals surface area contributed by atoms with E-state index in [1.54, 1.807) is 0 Å². The number of alkyl halides is 3. The van der Waals surface area contributed by atoms with Crippen LogP contribution in [0.4, 0.5) is 24.5 Å². The number of carbonyl (C=O) groups excluding carboxylic acids is 2. The predicted octanol–water partition coefficient (Wildman–Crippen LogP) is 2.80. The lowest BCUT2D eigenvalue weighted by molar-refractivity contribution is -0.137. The van der Waals surface area contributed by atoms with E-state index in [-0.39, 0.29) is 29.3 Å². The van der Waals surface area contributed by atoms with Gasteiger partial charge in [0.25, 0.3) is 11.8 Å². The molecule has 1 aliphatic heterocycles. The molecule has 1 aliphatic rings. The Morgan fingerprint density at radius 1 is 1.23 bits per heavy atom. The minimum atomic E-state index is -4.53. The van der Waals surface area contributed by atoms with Gasteiger partial charge in [0.05, 0.1) is 36.5 Å². The maximum absolute atomic E-state index is 13.0. The van der Waals surface area contributed by atoms with Crippen molar-refractivity contribution in [3.05, 3.63) is 64.8 Å². The van der Waals surface area contributed by atoms with Gasteiger partial charge in [-0.2, -0.15) is 18.3 Å². The molecule has 4 rings (SSSR count). The Kier molecular flexibility index (Phi) is 4.56. The van der Waals surface area contributed by atoms with Crippen molar-refractivity contribution in [3.8, 4) is 0 Å². The first-order valence-electron chi connectivity index (χ1n) is 8.48. The third kappa shape index (κ3) is 3.29. The van der Waals surface area contributed by atoms with Crippen molar-refractivity contribution in [2.75, 3.05) is 16.8 Å². The summed E-state index contributed by atoms with van der Waals surface area (Å²) in [6, 6.07) is 3.91. The molecule has 0 fully saturated rings. The smallest absolute Gasteiger partial charge is 0.341 e. The van der Waals surface area contributed by atoms with Crippen molar-refractivity contribution in [3.63, 3.8) is 0 Å². The van der Waals surface area contributed by atoms with Crippen LogP contribution in [0.15, 0.2) is 48.2 Å². The molecule has 10 nitrogen and oxygen atoms in total. The Morgan fingerprint density at radius 3 is 2.57 bits per heavy atom. The van der Waals surface area contributed by atoms with Crippen LogP contribution in [0, 0.1) is 4.91 Å². The molecule has 3 heterocycles. The van der Waals surface area contributed by atoms with Crippen molar-refractivity contribution in [2.45, 2.75) is 12.3 Å². The van der Waals surface area contributed by atoms with Crippen molar-refractivity contribution < 1.29 is 22.8 Å². The summed E-state index contributed by atoms with van der Waals surface area (Å²) in [6.07, 6.45) is -1.89. The van der Waals surface area contributed by atoms with Crippen molar-refractivity contribution in [2.24, 2.45) is 5.18 Å². The first-order chi connectivity index (χ1) is 14.3. The molecular formula is C17H12F3N7O3. The molecular weight excluding hydrogens is 407 g/mol. The van der Waals surface area contributed by atoms with Crippen LogP contribution in [0.25, 0.3) is 0 Å². The first-order valence-corrected chi connectivity index (χ1v) is 8.48. The average molecular weight is 419 g/mol. The lowest BCUT2D eigenvalue weighted by atomic mass is 10.1. The monoisotopic (exact) mass is 419 g/mol. The van der Waals surface area contributed by atoms with E-state index in [1.165, 1.54) is 18.7 Å². The van der Waals surface area contributed by atoms with Crippen LogP contribution in [0.5, 0.6) is 0 Å². The number of anilines is 2. The zero-order valence-corrected chi connectivity index (χ0v) is 14.9. The summed E-state index contributed by atoms with van der Waals surface area (Å²) in [6.45, 7) is -0.226. The number of benzene rings is 1. The number of H-pyrrole nitrogens is 1. The molecule has 2 N–H and O–H groups in total. The average Bonchev–Trinajstić information content (AvgIpc) is 3.39. The van der Waals surface area contributed by atoms with Gasteiger partial charge in [-0.15, -0.1) is 4.91 Å². The summed E-state index contributed by atoms with van der Waals surface area (Å²) in [4.78, 5) is 44.1. The predicted molar refractivity (Wildman–Crippen MR) is 96.7 cm³/mol. The number of hydrogen-bond donors (Lipinski definition) is 2. The molecule has 0 bridgehead atoms. The van der Waals surface area contributed by atoms with Crippen molar-refractivity contribution in [1.29, 1.82) is 0 Å². The second-order valence-corrected chi connectivity index (χ2v) is 6.32. The van der Waals surface area contributed by atoms with E-state index < -0.39 is 29.7 Å². The first kappa shape index (κ1) is 19.3. The molecule has 0 radical (unpaired) electrons. The second-order valence-electron chi connectivity index (χ2n) is 6.32. The van der Waals surface area contributed by atoms with Crippen LogP contribution < -0.4 is 10.2 Å². The third-order valence-corrected chi connectivity index (χ3v) is 4.49. The van der Waals surface area contributed by atoms with Gasteiger partial charge in [-0.25, -0.2) is 9.67 Å². The topological polar surface area (TPSA) is 125 Å². The Bertz CT molecular complexity index is 1110. The number of aromatic amines is 1. The van der Waals surface area contributed by atoms with E-state index in [2.05, 4.69) is 25.6 Å². The highest BCUT2D eigenvalue weighted by Gasteiger charge is 2.37. The Hall–Kier alpha value is -4.03. The minimum absolute atomic E-state index is 0.0184. The van der Waals surface area contributed by atoms with Crippen LogP contribution in [0.2, 0.25) is 0 Å². The summed E-state index contributed by atoms with van der Waals surface area (Å²) >= 11 is 0. The van der Waals surface area contributed by atoms with E-state index in [0.29, 0.717) is 0 Å². The number of aromatic nitrogens is 4. The van der Waals surface area contributed by atoms with Gasteiger partial charge in [0.1, 0.15) is 5.69 Å². The fourth-order valence-electron chi connectivity index (χ4n) is 3.04. The van der Waals surface area contributed by atoms with E-state index in [1.807, 2.05) is 0 Å². The fourth-order valence-corrected chi connectivity index (χ4v) is 3.04. The number of carbonyl (C=O) groups is 2. The molecule has 0 saturated carbocycles. The SMILES string of the molecule is O=N[C@H]1CN(c2ccc(C(F)(F)F)cc2)C(=O)c2c(NC(=O)c3cnc[nH]3)cnn21. The van der Waals surface area contributed by atoms with E-state index in [4.69, 9.17) is 0 Å². The van der Waals surface area contributed by atoms with Gasteiger partial charge in [0.2, 0.25) is 6.17 Å². The molecule has 1 atom stereocenters. The highest BCUT2D eigenvalue weighted by Crippen LogP contribution is 2.34. The zero-order chi connectivity index (χ0) is 21.5. The van der Waals surface area contributed by atoms with Gasteiger partial charge in [0.15, 0.2) is 5.69 Å².